The van der Waals surface area contributed by atoms with Crippen LogP contribution in [0.2, 0.25) is 0 Å². The van der Waals surface area contributed by atoms with Crippen molar-refractivity contribution in [3.63, 3.8) is 0 Å². The highest BCUT2D eigenvalue weighted by Gasteiger charge is 2.31. The molecule has 0 atom stereocenters. The Kier molecular flexibility index (Phi) is 7.15. The van der Waals surface area contributed by atoms with Gasteiger partial charge in [0.05, 0.1) is 35.0 Å². The largest absolute Gasteiger partial charge is 0.416 e. The Morgan fingerprint density at radius 2 is 1.56 bits per heavy atom. The van der Waals surface area contributed by atoms with E-state index in [1.807, 2.05) is 0 Å². The number of ether oxygens (including phenoxy) is 1. The Morgan fingerprint density at radius 1 is 0.912 bits per heavy atom. The fourth-order valence-corrected chi connectivity index (χ4v) is 5.56. The lowest BCUT2D eigenvalue weighted by Gasteiger charge is -2.31. The maximum atomic E-state index is 13.2. The van der Waals surface area contributed by atoms with Gasteiger partial charge in [-0.25, -0.2) is 8.42 Å². The van der Waals surface area contributed by atoms with E-state index >= 15 is 0 Å². The normalized spacial score (nSPS) is 18.0. The van der Waals surface area contributed by atoms with E-state index in [0.717, 1.165) is 56.6 Å². The maximum Gasteiger partial charge on any atom is 0.416 e. The average Bonchev–Trinajstić information content (AvgIpc) is 2.84. The van der Waals surface area contributed by atoms with Gasteiger partial charge in [0, 0.05) is 31.7 Å². The van der Waals surface area contributed by atoms with Crippen molar-refractivity contribution in [3.05, 3.63) is 53.6 Å². The number of nitrogens with one attached hydrogen (secondary N) is 1. The summed E-state index contributed by atoms with van der Waals surface area (Å²) in [6.07, 6.45) is -1.47. The molecule has 2 aliphatic heterocycles. The number of benzene rings is 2. The predicted molar refractivity (Wildman–Crippen MR) is 121 cm³/mol. The van der Waals surface area contributed by atoms with Crippen LogP contribution in [0.25, 0.3) is 0 Å². The number of carbonyl (C=O) groups is 1. The molecule has 2 fully saturated rings. The molecule has 2 aliphatic rings. The Balaban J connectivity index is 1.65. The van der Waals surface area contributed by atoms with Gasteiger partial charge in [0.25, 0.3) is 5.91 Å². The highest BCUT2D eigenvalue weighted by molar-refractivity contribution is 7.89. The van der Waals surface area contributed by atoms with Gasteiger partial charge in [0.2, 0.25) is 10.0 Å². The molecular weight excluding hydrogens is 471 g/mol. The zero-order valence-corrected chi connectivity index (χ0v) is 19.3. The zero-order chi connectivity index (χ0) is 24.3. The minimum atomic E-state index is -4.50. The van der Waals surface area contributed by atoms with Crippen LogP contribution in [0.4, 0.5) is 24.5 Å². The monoisotopic (exact) mass is 497 g/mol. The first-order valence-corrected chi connectivity index (χ1v) is 12.6. The molecular formula is C23H26F3N3O4S. The molecule has 0 aliphatic carbocycles. The number of amides is 1. The van der Waals surface area contributed by atoms with Gasteiger partial charge >= 0.3 is 6.18 Å². The van der Waals surface area contributed by atoms with Crippen LogP contribution in [0.3, 0.4) is 0 Å². The first kappa shape index (κ1) is 24.5. The van der Waals surface area contributed by atoms with E-state index in [2.05, 4.69) is 10.2 Å². The summed E-state index contributed by atoms with van der Waals surface area (Å²) in [5.41, 5.74) is 0.178. The van der Waals surface area contributed by atoms with Gasteiger partial charge in [-0.05, 0) is 61.7 Å². The Labute approximate surface area is 196 Å². The Morgan fingerprint density at radius 3 is 2.18 bits per heavy atom. The van der Waals surface area contributed by atoms with Crippen molar-refractivity contribution >= 4 is 27.3 Å². The third kappa shape index (κ3) is 5.37. The summed E-state index contributed by atoms with van der Waals surface area (Å²) < 4.78 is 71.5. The number of hydrogen-bond acceptors (Lipinski definition) is 5. The van der Waals surface area contributed by atoms with Crippen molar-refractivity contribution in [2.24, 2.45) is 0 Å². The van der Waals surface area contributed by atoms with Crippen molar-refractivity contribution in [2.75, 3.05) is 49.6 Å². The summed E-state index contributed by atoms with van der Waals surface area (Å²) in [5, 5.41) is 2.73. The second-order valence-corrected chi connectivity index (χ2v) is 10.2. The molecule has 34 heavy (non-hydrogen) atoms. The third-order valence-electron chi connectivity index (χ3n) is 6.00. The average molecular weight is 498 g/mol. The lowest BCUT2D eigenvalue weighted by Crippen LogP contribution is -2.40. The van der Waals surface area contributed by atoms with Crippen LogP contribution >= 0.6 is 0 Å². The molecule has 0 spiro atoms. The summed E-state index contributed by atoms with van der Waals surface area (Å²) in [4.78, 5) is 15.0. The summed E-state index contributed by atoms with van der Waals surface area (Å²) in [6, 6.07) is 8.54. The molecule has 0 aromatic heterocycles. The van der Waals surface area contributed by atoms with Crippen LogP contribution in [0, 0.1) is 0 Å². The fraction of sp³-hybridized carbons (Fsp3) is 0.435. The molecule has 2 aromatic rings. The SMILES string of the molecule is O=C(Nc1cc(S(=O)(=O)N2CCOCC2)ccc1N1CCCCC1)c1ccc(C(F)(F)F)cc1. The van der Waals surface area contributed by atoms with Crippen molar-refractivity contribution in [1.29, 1.82) is 0 Å². The topological polar surface area (TPSA) is 79.0 Å². The van der Waals surface area contributed by atoms with E-state index in [4.69, 9.17) is 4.74 Å². The van der Waals surface area contributed by atoms with Crippen molar-refractivity contribution in [2.45, 2.75) is 30.3 Å². The van der Waals surface area contributed by atoms with Gasteiger partial charge in [-0.15, -0.1) is 0 Å². The quantitative estimate of drug-likeness (QED) is 0.677. The second-order valence-electron chi connectivity index (χ2n) is 8.27. The Bertz CT molecular complexity index is 1130. The molecule has 184 valence electrons. The summed E-state index contributed by atoms with van der Waals surface area (Å²) in [6.45, 7) is 2.62. The lowest BCUT2D eigenvalue weighted by molar-refractivity contribution is -0.137. The summed E-state index contributed by atoms with van der Waals surface area (Å²) in [7, 11) is -3.80. The molecule has 11 heteroatoms. The van der Waals surface area contributed by atoms with Crippen LogP contribution in [0.15, 0.2) is 47.4 Å². The number of sulfonamides is 1. The lowest BCUT2D eigenvalue weighted by atomic mass is 10.1. The smallest absolute Gasteiger partial charge is 0.379 e. The van der Waals surface area contributed by atoms with Gasteiger partial charge in [-0.2, -0.15) is 17.5 Å². The second kappa shape index (κ2) is 9.93. The van der Waals surface area contributed by atoms with Gasteiger partial charge < -0.3 is 15.0 Å². The molecule has 2 heterocycles. The van der Waals surface area contributed by atoms with Crippen LogP contribution in [-0.4, -0.2) is 58.0 Å². The van der Waals surface area contributed by atoms with Crippen LogP contribution in [0.1, 0.15) is 35.2 Å². The zero-order valence-electron chi connectivity index (χ0n) is 18.5. The predicted octanol–water partition coefficient (Wildman–Crippen LogP) is 3.97. The molecule has 2 saturated heterocycles. The van der Waals surface area contributed by atoms with Gasteiger partial charge in [0.15, 0.2) is 0 Å². The van der Waals surface area contributed by atoms with E-state index in [-0.39, 0.29) is 23.5 Å². The number of halogens is 3. The third-order valence-corrected chi connectivity index (χ3v) is 7.89. The minimum absolute atomic E-state index is 0.0397. The van der Waals surface area contributed by atoms with Gasteiger partial charge in [-0.3, -0.25) is 4.79 Å². The highest BCUT2D eigenvalue weighted by Crippen LogP contribution is 2.33. The summed E-state index contributed by atoms with van der Waals surface area (Å²) >= 11 is 0. The number of anilines is 2. The first-order valence-electron chi connectivity index (χ1n) is 11.1. The molecule has 0 bridgehead atoms. The van der Waals surface area contributed by atoms with E-state index in [1.54, 1.807) is 6.07 Å². The fourth-order valence-electron chi connectivity index (χ4n) is 4.13. The number of alkyl halides is 3. The first-order chi connectivity index (χ1) is 16.2. The molecule has 0 radical (unpaired) electrons. The van der Waals surface area contributed by atoms with E-state index in [1.165, 1.54) is 16.4 Å². The molecule has 4 rings (SSSR count). The molecule has 7 nitrogen and oxygen atoms in total. The molecule has 0 saturated carbocycles. The van der Waals surface area contributed by atoms with Crippen LogP contribution in [0.5, 0.6) is 0 Å². The Hall–Kier alpha value is -2.63. The van der Waals surface area contributed by atoms with Crippen molar-refractivity contribution in [1.82, 2.24) is 4.31 Å². The molecule has 0 unspecified atom stereocenters. The molecule has 1 N–H and O–H groups in total. The van der Waals surface area contributed by atoms with E-state index in [9.17, 15) is 26.4 Å². The van der Waals surface area contributed by atoms with E-state index in [0.29, 0.717) is 24.6 Å². The van der Waals surface area contributed by atoms with Crippen LogP contribution < -0.4 is 10.2 Å². The minimum Gasteiger partial charge on any atom is -0.379 e. The number of carbonyl (C=O) groups excluding carboxylic acids is 1. The van der Waals surface area contributed by atoms with Crippen molar-refractivity contribution in [3.8, 4) is 0 Å². The number of piperidine rings is 1. The number of rotatable bonds is 5. The van der Waals surface area contributed by atoms with Crippen molar-refractivity contribution < 1.29 is 31.1 Å². The van der Waals surface area contributed by atoms with E-state index < -0.39 is 27.7 Å². The molecule has 2 aromatic carbocycles. The van der Waals surface area contributed by atoms with Gasteiger partial charge in [0.1, 0.15) is 0 Å². The van der Waals surface area contributed by atoms with Gasteiger partial charge in [-0.1, -0.05) is 0 Å². The molecule has 1 amide bonds. The highest BCUT2D eigenvalue weighted by atomic mass is 32.2. The number of morpholine rings is 1. The standard InChI is InChI=1S/C23H26F3N3O4S/c24-23(25,26)18-6-4-17(5-7-18)22(30)27-20-16-19(34(31,32)29-12-14-33-15-13-29)8-9-21(20)28-10-2-1-3-11-28/h4-9,16H,1-3,10-15H2,(H,27,30). The summed E-state index contributed by atoms with van der Waals surface area (Å²) in [5.74, 6) is -0.618. The number of hydrogen-bond donors (Lipinski definition) is 1. The van der Waals surface area contributed by atoms with Crippen LogP contribution in [-0.2, 0) is 20.9 Å². The number of nitrogens with zero attached hydrogens (tertiary/aromatic N) is 2. The maximum absolute atomic E-state index is 13.2.